The maximum absolute atomic E-state index is 11.6. The lowest BCUT2D eigenvalue weighted by Crippen LogP contribution is -2.45. The van der Waals surface area contributed by atoms with E-state index in [1.807, 2.05) is 5.32 Å². The fourth-order valence-corrected chi connectivity index (χ4v) is 7.36. The van der Waals surface area contributed by atoms with Crippen molar-refractivity contribution in [1.29, 1.82) is 0 Å². The molecule has 2 amide bonds. The zero-order valence-electron chi connectivity index (χ0n) is 35.5. The summed E-state index contributed by atoms with van der Waals surface area (Å²) in [6.45, 7) is 5.47. The van der Waals surface area contributed by atoms with E-state index in [1.54, 1.807) is 20.8 Å². The summed E-state index contributed by atoms with van der Waals surface area (Å²) < 4.78 is 22.0. The van der Waals surface area contributed by atoms with Crippen molar-refractivity contribution in [3.05, 3.63) is 0 Å². The number of rotatable bonds is 28. The van der Waals surface area contributed by atoms with Crippen LogP contribution in [0, 0.1) is 11.8 Å². The maximum Gasteiger partial charge on any atom is 0.373 e. The van der Waals surface area contributed by atoms with Crippen LogP contribution in [-0.2, 0) is 61.9 Å². The van der Waals surface area contributed by atoms with E-state index in [-0.39, 0.29) is 82.0 Å². The molecule has 0 aromatic heterocycles. The molecule has 0 saturated carbocycles. The Balaban J connectivity index is -0.000000175. The van der Waals surface area contributed by atoms with Gasteiger partial charge in [0.1, 0.15) is 12.1 Å². The molecular formula is C35H67N5O23P2. The van der Waals surface area contributed by atoms with Crippen LogP contribution in [0.2, 0.25) is 0 Å². The molecule has 28 nitrogen and oxygen atoms in total. The minimum Gasteiger partial charge on any atom is -0.481 e. The van der Waals surface area contributed by atoms with Gasteiger partial charge in [-0.25, -0.2) is 4.79 Å². The van der Waals surface area contributed by atoms with Crippen LogP contribution in [-0.4, -0.2) is 159 Å². The molecule has 0 heterocycles. The monoisotopic (exact) mass is 987 g/mol. The third-order valence-electron chi connectivity index (χ3n) is 7.47. The van der Waals surface area contributed by atoms with Crippen LogP contribution in [0.15, 0.2) is 0 Å². The molecule has 7 atom stereocenters. The van der Waals surface area contributed by atoms with Gasteiger partial charge < -0.3 is 78.3 Å². The number of carboxylic acids is 7. The number of hydrogen-bond acceptors (Lipinski definition) is 16. The lowest BCUT2D eigenvalue weighted by Gasteiger charge is -2.15. The van der Waals surface area contributed by atoms with Crippen LogP contribution < -0.4 is 27.8 Å². The summed E-state index contributed by atoms with van der Waals surface area (Å²) in [6, 6.07) is -4.26. The molecule has 0 saturated heterocycles. The topological polar surface area (TPSA) is 526 Å². The predicted octanol–water partition coefficient (Wildman–Crippen LogP) is -0.795. The standard InChI is InChI=1S/C9H14N2O7.C9H16N2O5.C9H20NO4P.C6H13O5P.CO2.CH4/c10-4(8(15)16)3-6(12)11-5(9(17)18)1-2-7(13)14;1-5(2-3-7(12)13)11-9(16)6(10)4-8(14)15;1-8(3-4-9(11)12)7-15(13,14)6-2-5-10;1-5(2-3-6(7)8)4-12(9,10)11;2-1-3;/h4-5H,1-3,10H2,(H,11,12)(H,13,14)(H,15,16)(H,17,18);5-6H,2-4,10H2,1H3,(H,11,16)(H,12,13)(H,14,15);8H,2-7,10H2,1H3,(H,11,12)(H,13,14);5H,2-4H2,1H3,(H,7,8)(H2,9,10,11);;1H4/t4-,5?;5?,6-;;;;/m00..../s1. The smallest absolute Gasteiger partial charge is 0.373 e. The van der Waals surface area contributed by atoms with Crippen LogP contribution >= 0.6 is 15.0 Å². The van der Waals surface area contributed by atoms with E-state index in [0.717, 1.165) is 0 Å². The van der Waals surface area contributed by atoms with Crippen LogP contribution in [0.1, 0.15) is 98.8 Å². The lowest BCUT2D eigenvalue weighted by atomic mass is 10.1. The molecule has 0 fully saturated rings. The summed E-state index contributed by atoms with van der Waals surface area (Å²) in [5.74, 6) is -9.60. The first-order chi connectivity index (χ1) is 29.2. The molecule has 0 bridgehead atoms. The SMILES string of the molecule is C.CC(CCC(=O)O)CP(=O)(O)CCCN.CC(CCC(=O)O)CP(=O)(O)O.CC(CCC(=O)O)NC(=O)[C@@H](N)CC(=O)O.N[C@@H](CC(=O)NC(CCC(=O)O)C(=O)O)C(=O)O.O=C=O. The molecule has 0 aromatic rings. The first-order valence-corrected chi connectivity index (χ1v) is 22.7. The van der Waals surface area contributed by atoms with Crippen molar-refractivity contribution < 1.29 is 112 Å². The first-order valence-electron chi connectivity index (χ1n) is 18.9. The first kappa shape index (κ1) is 71.5. The highest BCUT2D eigenvalue weighted by Crippen LogP contribution is 2.43. The second-order valence-corrected chi connectivity index (χ2v) is 18.2. The number of hydrogen-bond donors (Lipinski definition) is 15. The van der Waals surface area contributed by atoms with Crippen molar-refractivity contribution in [1.82, 2.24) is 10.6 Å². The van der Waals surface area contributed by atoms with E-state index < -0.39 is 106 Å². The van der Waals surface area contributed by atoms with E-state index >= 15 is 0 Å². The number of carboxylic acid groups (broad SMARTS) is 7. The second kappa shape index (κ2) is 40.3. The molecule has 0 rings (SSSR count). The highest BCUT2D eigenvalue weighted by molar-refractivity contribution is 7.58. The quantitative estimate of drug-likeness (QED) is 0.0427. The molecule has 18 N–H and O–H groups in total. The Kier molecular flexibility index (Phi) is 44.4. The number of carbonyl (C=O) groups excluding carboxylic acids is 4. The number of carbonyl (C=O) groups is 9. The van der Waals surface area contributed by atoms with Gasteiger partial charge >= 0.3 is 55.5 Å². The third-order valence-corrected chi connectivity index (χ3v) is 10.8. The van der Waals surface area contributed by atoms with Crippen molar-refractivity contribution in [2.45, 2.75) is 123 Å². The van der Waals surface area contributed by atoms with Crippen LogP contribution in [0.4, 0.5) is 0 Å². The van der Waals surface area contributed by atoms with Crippen LogP contribution in [0.25, 0.3) is 0 Å². The second-order valence-electron chi connectivity index (χ2n) is 14.0. The van der Waals surface area contributed by atoms with Gasteiger partial charge in [-0.1, -0.05) is 21.3 Å². The van der Waals surface area contributed by atoms with Crippen molar-refractivity contribution in [3.8, 4) is 0 Å². The van der Waals surface area contributed by atoms with Crippen molar-refractivity contribution in [2.75, 3.05) is 25.0 Å². The fraction of sp³-hybridized carbons (Fsp3) is 0.714. The Labute approximate surface area is 374 Å². The number of nitrogens with two attached hydrogens (primary N) is 3. The molecule has 0 aliphatic heterocycles. The van der Waals surface area contributed by atoms with E-state index in [2.05, 4.69) is 5.32 Å². The van der Waals surface area contributed by atoms with Gasteiger partial charge in [0.2, 0.25) is 19.2 Å². The number of aliphatic carboxylic acids is 7. The summed E-state index contributed by atoms with van der Waals surface area (Å²) in [5, 5.41) is 63.6. The molecule has 0 aromatic carbocycles. The number of amides is 2. The molecule has 0 spiro atoms. The summed E-state index contributed by atoms with van der Waals surface area (Å²) >= 11 is 0. The minimum absolute atomic E-state index is 0. The van der Waals surface area contributed by atoms with Gasteiger partial charge in [0.15, 0.2) is 0 Å². The fourth-order valence-electron chi connectivity index (χ4n) is 4.35. The molecule has 30 heteroatoms. The van der Waals surface area contributed by atoms with Gasteiger partial charge in [0.05, 0.1) is 25.0 Å². The molecular weight excluding hydrogens is 920 g/mol. The van der Waals surface area contributed by atoms with Gasteiger partial charge in [0.25, 0.3) is 0 Å². The van der Waals surface area contributed by atoms with E-state index in [1.165, 1.54) is 0 Å². The predicted molar refractivity (Wildman–Crippen MR) is 225 cm³/mol. The van der Waals surface area contributed by atoms with Gasteiger partial charge in [-0.05, 0) is 57.4 Å². The van der Waals surface area contributed by atoms with Gasteiger partial charge in [-0.15, -0.1) is 0 Å². The van der Waals surface area contributed by atoms with Crippen molar-refractivity contribution in [3.63, 3.8) is 0 Å². The normalized spacial score (nSPS) is 13.8. The minimum atomic E-state index is -3.97. The largest absolute Gasteiger partial charge is 0.481 e. The molecule has 5 unspecified atom stereocenters. The zero-order valence-corrected chi connectivity index (χ0v) is 37.3. The Hall–Kier alpha value is -5.17. The molecule has 65 heavy (non-hydrogen) atoms. The zero-order chi connectivity index (χ0) is 51.4. The Bertz CT molecular complexity index is 1600. The Morgan fingerprint density at radius 1 is 0.585 bits per heavy atom. The lowest BCUT2D eigenvalue weighted by molar-refractivity contribution is -0.192. The van der Waals surface area contributed by atoms with Crippen LogP contribution in [0.3, 0.4) is 0 Å². The van der Waals surface area contributed by atoms with Crippen molar-refractivity contribution in [2.24, 2.45) is 29.0 Å². The highest BCUT2D eigenvalue weighted by Gasteiger charge is 2.24. The number of nitrogens with one attached hydrogen (secondary N) is 2. The summed E-state index contributed by atoms with van der Waals surface area (Å²) in [7, 11) is -7.07. The molecule has 0 aliphatic carbocycles. The Morgan fingerprint density at radius 3 is 1.34 bits per heavy atom. The van der Waals surface area contributed by atoms with Crippen LogP contribution in [0.5, 0.6) is 0 Å². The molecule has 0 radical (unpaired) electrons. The summed E-state index contributed by atoms with van der Waals surface area (Å²) in [4.78, 5) is 138. The van der Waals surface area contributed by atoms with Gasteiger partial charge in [-0.3, -0.25) is 47.5 Å². The average molecular weight is 988 g/mol. The highest BCUT2D eigenvalue weighted by atomic mass is 31.2. The van der Waals surface area contributed by atoms with E-state index in [0.29, 0.717) is 25.8 Å². The maximum atomic E-state index is 11.6. The average Bonchev–Trinajstić information content (AvgIpc) is 3.12. The van der Waals surface area contributed by atoms with Gasteiger partial charge in [-0.2, -0.15) is 9.59 Å². The Morgan fingerprint density at radius 2 is 0.985 bits per heavy atom. The summed E-state index contributed by atoms with van der Waals surface area (Å²) in [6.07, 6.45) is 0.226. The van der Waals surface area contributed by atoms with E-state index in [9.17, 15) is 57.2 Å². The molecule has 380 valence electrons. The van der Waals surface area contributed by atoms with E-state index in [4.69, 9.17) is 72.3 Å². The molecule has 0 aliphatic rings. The van der Waals surface area contributed by atoms with Crippen molar-refractivity contribution >= 4 is 74.7 Å². The third kappa shape index (κ3) is 56.8. The summed E-state index contributed by atoms with van der Waals surface area (Å²) in [5.41, 5.74) is 15.7. The van der Waals surface area contributed by atoms with Gasteiger partial charge in [0, 0.05) is 44.0 Å².